The molecule has 6 heteroatoms. The molecule has 0 aromatic heterocycles. The first-order valence-electron chi connectivity index (χ1n) is 7.96. The van der Waals surface area contributed by atoms with Gasteiger partial charge in [0.05, 0.1) is 12.7 Å². The molecule has 0 saturated carbocycles. The third-order valence-corrected chi connectivity index (χ3v) is 4.13. The lowest BCUT2D eigenvalue weighted by Crippen LogP contribution is -2.47. The molecular formula is C15H29ClN2O3. The van der Waals surface area contributed by atoms with Crippen LogP contribution in [0.15, 0.2) is 0 Å². The minimum Gasteiger partial charge on any atom is -0.376 e. The molecular weight excluding hydrogens is 292 g/mol. The fraction of sp³-hybridized carbons (Fsp3) is 0.933. The molecule has 0 bridgehead atoms. The lowest BCUT2D eigenvalue weighted by Gasteiger charge is -2.31. The molecule has 2 aliphatic heterocycles. The monoisotopic (exact) mass is 320 g/mol. The van der Waals surface area contributed by atoms with Gasteiger partial charge in [-0.1, -0.05) is 6.92 Å². The Balaban J connectivity index is 0.00000220. The molecule has 0 radical (unpaired) electrons. The van der Waals surface area contributed by atoms with E-state index in [4.69, 9.17) is 9.47 Å². The normalized spacial score (nSPS) is 26.4. The highest BCUT2D eigenvalue weighted by Gasteiger charge is 2.29. The highest BCUT2D eigenvalue weighted by atomic mass is 35.5. The number of nitrogens with one attached hydrogen (secondary N) is 1. The average molecular weight is 321 g/mol. The van der Waals surface area contributed by atoms with E-state index in [1.807, 2.05) is 11.8 Å². The SMILES string of the molecule is CCCN(C(=O)C(C)OCC1CCCO1)C1CCNC1.Cl. The van der Waals surface area contributed by atoms with Crippen LogP contribution in [-0.4, -0.2) is 61.9 Å². The minimum absolute atomic E-state index is 0. The van der Waals surface area contributed by atoms with Crippen molar-refractivity contribution in [3.63, 3.8) is 0 Å². The summed E-state index contributed by atoms with van der Waals surface area (Å²) in [4.78, 5) is 14.6. The van der Waals surface area contributed by atoms with Crippen molar-refractivity contribution in [1.29, 1.82) is 0 Å². The zero-order chi connectivity index (χ0) is 14.4. The first-order chi connectivity index (χ1) is 9.72. The molecule has 2 rings (SSSR count). The summed E-state index contributed by atoms with van der Waals surface area (Å²) >= 11 is 0. The molecule has 3 atom stereocenters. The van der Waals surface area contributed by atoms with Crippen LogP contribution in [0.5, 0.6) is 0 Å². The Morgan fingerprint density at radius 2 is 2.29 bits per heavy atom. The molecule has 3 unspecified atom stereocenters. The van der Waals surface area contributed by atoms with Gasteiger partial charge in [0.1, 0.15) is 6.10 Å². The van der Waals surface area contributed by atoms with Gasteiger partial charge in [-0.2, -0.15) is 0 Å². The molecule has 5 nitrogen and oxygen atoms in total. The van der Waals surface area contributed by atoms with Crippen LogP contribution < -0.4 is 5.32 Å². The maximum atomic E-state index is 12.6. The fourth-order valence-electron chi connectivity index (χ4n) is 2.95. The number of carbonyl (C=O) groups excluding carboxylic acids is 1. The quantitative estimate of drug-likeness (QED) is 0.774. The second-order valence-electron chi connectivity index (χ2n) is 5.79. The standard InChI is InChI=1S/C15H28N2O3.ClH/c1-3-8-17(13-6-7-16-10-13)15(18)12(2)20-11-14-5-4-9-19-14;/h12-14,16H,3-11H2,1-2H3;1H. The maximum absolute atomic E-state index is 12.6. The zero-order valence-electron chi connectivity index (χ0n) is 13.2. The van der Waals surface area contributed by atoms with Gasteiger partial charge in [0, 0.05) is 25.7 Å². The summed E-state index contributed by atoms with van der Waals surface area (Å²) in [5.41, 5.74) is 0. The molecule has 1 amide bonds. The predicted molar refractivity (Wildman–Crippen MR) is 84.9 cm³/mol. The maximum Gasteiger partial charge on any atom is 0.251 e. The molecule has 0 aromatic rings. The van der Waals surface area contributed by atoms with Gasteiger partial charge < -0.3 is 19.7 Å². The van der Waals surface area contributed by atoms with Gasteiger partial charge in [-0.05, 0) is 39.2 Å². The van der Waals surface area contributed by atoms with E-state index < -0.39 is 0 Å². The first-order valence-corrected chi connectivity index (χ1v) is 7.96. The molecule has 0 spiro atoms. The predicted octanol–water partition coefficient (Wildman–Crippen LogP) is 1.59. The zero-order valence-corrected chi connectivity index (χ0v) is 14.0. The van der Waals surface area contributed by atoms with Crippen molar-refractivity contribution >= 4 is 18.3 Å². The Bertz CT molecular complexity index is 305. The summed E-state index contributed by atoms with van der Waals surface area (Å²) in [5, 5.41) is 3.33. The van der Waals surface area contributed by atoms with Crippen LogP contribution in [0.4, 0.5) is 0 Å². The van der Waals surface area contributed by atoms with Gasteiger partial charge >= 0.3 is 0 Å². The van der Waals surface area contributed by atoms with Crippen molar-refractivity contribution in [2.45, 2.75) is 57.8 Å². The van der Waals surface area contributed by atoms with Crippen LogP contribution in [0.3, 0.4) is 0 Å². The van der Waals surface area contributed by atoms with Crippen LogP contribution in [0, 0.1) is 0 Å². The van der Waals surface area contributed by atoms with Gasteiger partial charge in [-0.25, -0.2) is 0 Å². The van der Waals surface area contributed by atoms with Crippen LogP contribution in [0.2, 0.25) is 0 Å². The number of amides is 1. The summed E-state index contributed by atoms with van der Waals surface area (Å²) in [7, 11) is 0. The van der Waals surface area contributed by atoms with E-state index in [2.05, 4.69) is 12.2 Å². The summed E-state index contributed by atoms with van der Waals surface area (Å²) < 4.78 is 11.3. The van der Waals surface area contributed by atoms with E-state index in [-0.39, 0.29) is 30.5 Å². The lowest BCUT2D eigenvalue weighted by atomic mass is 10.2. The van der Waals surface area contributed by atoms with E-state index in [0.29, 0.717) is 12.6 Å². The number of hydrogen-bond donors (Lipinski definition) is 1. The molecule has 0 aliphatic carbocycles. The number of carbonyl (C=O) groups is 1. The number of hydrogen-bond acceptors (Lipinski definition) is 4. The Labute approximate surface area is 134 Å². The van der Waals surface area contributed by atoms with E-state index in [1.54, 1.807) is 0 Å². The third kappa shape index (κ3) is 5.40. The molecule has 1 N–H and O–H groups in total. The molecule has 2 saturated heterocycles. The van der Waals surface area contributed by atoms with Crippen LogP contribution >= 0.6 is 12.4 Å². The Morgan fingerprint density at radius 1 is 1.48 bits per heavy atom. The molecule has 21 heavy (non-hydrogen) atoms. The van der Waals surface area contributed by atoms with E-state index >= 15 is 0 Å². The summed E-state index contributed by atoms with van der Waals surface area (Å²) in [6, 6.07) is 0.330. The average Bonchev–Trinajstić information content (AvgIpc) is 3.13. The first kappa shape index (κ1) is 18.7. The molecule has 2 aliphatic rings. The largest absolute Gasteiger partial charge is 0.376 e. The van der Waals surface area contributed by atoms with E-state index in [9.17, 15) is 4.79 Å². The molecule has 0 aromatic carbocycles. The highest BCUT2D eigenvalue weighted by Crippen LogP contribution is 2.15. The Kier molecular flexibility index (Phi) is 8.56. The summed E-state index contributed by atoms with van der Waals surface area (Å²) in [6.45, 7) is 8.07. The Hall–Kier alpha value is -0.360. The van der Waals surface area contributed by atoms with Gasteiger partial charge in [0.15, 0.2) is 0 Å². The van der Waals surface area contributed by atoms with Gasteiger partial charge in [-0.3, -0.25) is 4.79 Å². The van der Waals surface area contributed by atoms with Crippen molar-refractivity contribution in [2.24, 2.45) is 0 Å². The van der Waals surface area contributed by atoms with Gasteiger partial charge in [0.25, 0.3) is 5.91 Å². The lowest BCUT2D eigenvalue weighted by molar-refractivity contribution is -0.146. The van der Waals surface area contributed by atoms with Crippen LogP contribution in [0.1, 0.15) is 39.5 Å². The van der Waals surface area contributed by atoms with E-state index in [0.717, 1.165) is 51.9 Å². The second-order valence-corrected chi connectivity index (χ2v) is 5.79. The fourth-order valence-corrected chi connectivity index (χ4v) is 2.95. The van der Waals surface area contributed by atoms with Crippen molar-refractivity contribution in [3.8, 4) is 0 Å². The molecule has 2 heterocycles. The third-order valence-electron chi connectivity index (χ3n) is 4.13. The highest BCUT2D eigenvalue weighted by molar-refractivity contribution is 5.85. The van der Waals surface area contributed by atoms with Crippen LogP contribution in [-0.2, 0) is 14.3 Å². The second kappa shape index (κ2) is 9.62. The van der Waals surface area contributed by atoms with Crippen LogP contribution in [0.25, 0.3) is 0 Å². The summed E-state index contributed by atoms with van der Waals surface area (Å²) in [6.07, 6.45) is 3.99. The number of halogens is 1. The van der Waals surface area contributed by atoms with Crippen molar-refractivity contribution in [3.05, 3.63) is 0 Å². The summed E-state index contributed by atoms with van der Waals surface area (Å²) in [5.74, 6) is 0.124. The smallest absolute Gasteiger partial charge is 0.251 e. The van der Waals surface area contributed by atoms with Gasteiger partial charge in [-0.15, -0.1) is 12.4 Å². The van der Waals surface area contributed by atoms with Crippen molar-refractivity contribution in [2.75, 3.05) is 32.8 Å². The van der Waals surface area contributed by atoms with E-state index in [1.165, 1.54) is 0 Å². The number of ether oxygens (including phenoxy) is 2. The topological polar surface area (TPSA) is 50.8 Å². The van der Waals surface area contributed by atoms with Gasteiger partial charge in [0.2, 0.25) is 0 Å². The minimum atomic E-state index is -0.369. The Morgan fingerprint density at radius 3 is 2.86 bits per heavy atom. The van der Waals surface area contributed by atoms with Crippen molar-refractivity contribution < 1.29 is 14.3 Å². The van der Waals surface area contributed by atoms with Crippen molar-refractivity contribution in [1.82, 2.24) is 10.2 Å². The molecule has 124 valence electrons. The number of rotatable bonds is 7. The molecule has 2 fully saturated rings. The number of nitrogens with zero attached hydrogens (tertiary/aromatic N) is 1.